The number of amides is 2. The largest absolute Gasteiger partial charge is 0.361 e. The van der Waals surface area contributed by atoms with Gasteiger partial charge in [-0.05, 0) is 25.7 Å². The second kappa shape index (κ2) is 7.42. The van der Waals surface area contributed by atoms with E-state index >= 15 is 0 Å². The molecule has 122 valence electrons. The summed E-state index contributed by atoms with van der Waals surface area (Å²) in [4.78, 5) is 28.3. The first kappa shape index (κ1) is 16.5. The molecule has 6 heteroatoms. The molecular weight excluding hydrogens is 282 g/mol. The molecular formula is C16H25N3O3. The van der Waals surface area contributed by atoms with Crippen LogP contribution in [0.15, 0.2) is 10.6 Å². The van der Waals surface area contributed by atoms with Gasteiger partial charge in [0.05, 0.1) is 0 Å². The Morgan fingerprint density at radius 3 is 2.59 bits per heavy atom. The van der Waals surface area contributed by atoms with Gasteiger partial charge in [0.2, 0.25) is 5.91 Å². The molecule has 1 aromatic heterocycles. The average molecular weight is 307 g/mol. The molecule has 1 aromatic rings. The van der Waals surface area contributed by atoms with E-state index in [9.17, 15) is 9.59 Å². The SMILES string of the molecule is Cc1cc(C(=O)N(CCC(=O)N2CCCC2)CC(C)C)no1. The highest BCUT2D eigenvalue weighted by Gasteiger charge is 2.23. The van der Waals surface area contributed by atoms with Crippen LogP contribution in [0.3, 0.4) is 0 Å². The Bertz CT molecular complexity index is 518. The van der Waals surface area contributed by atoms with Gasteiger partial charge in [-0.1, -0.05) is 19.0 Å². The van der Waals surface area contributed by atoms with Crippen molar-refractivity contribution in [3.05, 3.63) is 17.5 Å². The fourth-order valence-electron chi connectivity index (χ4n) is 2.70. The van der Waals surface area contributed by atoms with E-state index in [0.717, 1.165) is 25.9 Å². The number of aromatic nitrogens is 1. The smallest absolute Gasteiger partial charge is 0.276 e. The Hall–Kier alpha value is -1.85. The number of carbonyl (C=O) groups is 2. The molecule has 22 heavy (non-hydrogen) atoms. The van der Waals surface area contributed by atoms with Gasteiger partial charge in [-0.25, -0.2) is 0 Å². The highest BCUT2D eigenvalue weighted by Crippen LogP contribution is 2.12. The lowest BCUT2D eigenvalue weighted by Crippen LogP contribution is -2.38. The lowest BCUT2D eigenvalue weighted by atomic mass is 10.2. The van der Waals surface area contributed by atoms with E-state index in [1.165, 1.54) is 0 Å². The van der Waals surface area contributed by atoms with Crippen LogP contribution in [-0.2, 0) is 4.79 Å². The van der Waals surface area contributed by atoms with Crippen molar-refractivity contribution in [2.24, 2.45) is 5.92 Å². The molecule has 0 atom stereocenters. The molecule has 1 saturated heterocycles. The first-order chi connectivity index (χ1) is 10.5. The lowest BCUT2D eigenvalue weighted by Gasteiger charge is -2.24. The first-order valence-electron chi connectivity index (χ1n) is 7.97. The average Bonchev–Trinajstić information content (AvgIpc) is 3.13. The molecule has 1 aliphatic rings. The van der Waals surface area contributed by atoms with Gasteiger partial charge in [-0.2, -0.15) is 0 Å². The molecule has 2 amide bonds. The van der Waals surface area contributed by atoms with E-state index < -0.39 is 0 Å². The zero-order valence-electron chi connectivity index (χ0n) is 13.7. The molecule has 2 rings (SSSR count). The van der Waals surface area contributed by atoms with Gasteiger partial charge in [-0.3, -0.25) is 9.59 Å². The third-order valence-electron chi connectivity index (χ3n) is 3.77. The van der Waals surface area contributed by atoms with Crippen molar-refractivity contribution in [3.63, 3.8) is 0 Å². The third kappa shape index (κ3) is 4.32. The molecule has 0 bridgehead atoms. The normalized spacial score (nSPS) is 14.6. The molecule has 1 aliphatic heterocycles. The van der Waals surface area contributed by atoms with Crippen molar-refractivity contribution in [2.75, 3.05) is 26.2 Å². The van der Waals surface area contributed by atoms with Crippen molar-refractivity contribution >= 4 is 11.8 Å². The van der Waals surface area contributed by atoms with E-state index in [4.69, 9.17) is 4.52 Å². The summed E-state index contributed by atoms with van der Waals surface area (Å²) in [7, 11) is 0. The fourth-order valence-corrected chi connectivity index (χ4v) is 2.70. The highest BCUT2D eigenvalue weighted by molar-refractivity contribution is 5.92. The molecule has 0 saturated carbocycles. The van der Waals surface area contributed by atoms with E-state index in [-0.39, 0.29) is 11.8 Å². The summed E-state index contributed by atoms with van der Waals surface area (Å²) < 4.78 is 4.97. The summed E-state index contributed by atoms with van der Waals surface area (Å²) in [5.41, 5.74) is 0.312. The molecule has 0 spiro atoms. The number of hydrogen-bond acceptors (Lipinski definition) is 4. The van der Waals surface area contributed by atoms with Crippen molar-refractivity contribution < 1.29 is 14.1 Å². The molecule has 0 aromatic carbocycles. The van der Waals surface area contributed by atoms with Gasteiger partial charge in [0.15, 0.2) is 5.69 Å². The maximum absolute atomic E-state index is 12.5. The standard InChI is InChI=1S/C16H25N3O3/c1-12(2)11-19(16(21)14-10-13(3)22-17-14)9-6-15(20)18-7-4-5-8-18/h10,12H,4-9,11H2,1-3H3. The summed E-state index contributed by atoms with van der Waals surface area (Å²) in [6.45, 7) is 8.59. The lowest BCUT2D eigenvalue weighted by molar-refractivity contribution is -0.130. The van der Waals surface area contributed by atoms with Crippen molar-refractivity contribution in [1.29, 1.82) is 0 Å². The van der Waals surface area contributed by atoms with Gasteiger partial charge in [0.25, 0.3) is 5.91 Å². The van der Waals surface area contributed by atoms with E-state index in [0.29, 0.717) is 36.9 Å². The van der Waals surface area contributed by atoms with E-state index in [1.807, 2.05) is 4.90 Å². The van der Waals surface area contributed by atoms with Crippen LogP contribution in [0.5, 0.6) is 0 Å². The summed E-state index contributed by atoms with van der Waals surface area (Å²) in [6, 6.07) is 1.64. The molecule has 2 heterocycles. The Morgan fingerprint density at radius 1 is 1.36 bits per heavy atom. The second-order valence-electron chi connectivity index (χ2n) is 6.31. The number of nitrogens with zero attached hydrogens (tertiary/aromatic N) is 3. The zero-order chi connectivity index (χ0) is 16.1. The van der Waals surface area contributed by atoms with Crippen LogP contribution in [0.4, 0.5) is 0 Å². The number of carbonyl (C=O) groups excluding carboxylic acids is 2. The summed E-state index contributed by atoms with van der Waals surface area (Å²) in [5.74, 6) is 0.912. The predicted octanol–water partition coefficient (Wildman–Crippen LogP) is 2.09. The zero-order valence-corrected chi connectivity index (χ0v) is 13.7. The minimum absolute atomic E-state index is 0.135. The highest BCUT2D eigenvalue weighted by atomic mass is 16.5. The number of likely N-dealkylation sites (tertiary alicyclic amines) is 1. The minimum Gasteiger partial charge on any atom is -0.361 e. The fraction of sp³-hybridized carbons (Fsp3) is 0.688. The van der Waals surface area contributed by atoms with Gasteiger partial charge in [0, 0.05) is 38.7 Å². The molecule has 0 unspecified atom stereocenters. The maximum atomic E-state index is 12.5. The number of hydrogen-bond donors (Lipinski definition) is 0. The van der Waals surface area contributed by atoms with Crippen LogP contribution in [0, 0.1) is 12.8 Å². The topological polar surface area (TPSA) is 66.7 Å². The Kier molecular flexibility index (Phi) is 5.57. The molecule has 6 nitrogen and oxygen atoms in total. The van der Waals surface area contributed by atoms with Gasteiger partial charge >= 0.3 is 0 Å². The maximum Gasteiger partial charge on any atom is 0.276 e. The van der Waals surface area contributed by atoms with E-state index in [2.05, 4.69) is 19.0 Å². The number of rotatable bonds is 6. The van der Waals surface area contributed by atoms with Crippen molar-refractivity contribution in [1.82, 2.24) is 15.0 Å². The van der Waals surface area contributed by atoms with Crippen LogP contribution in [0.25, 0.3) is 0 Å². The van der Waals surface area contributed by atoms with Crippen LogP contribution in [0.2, 0.25) is 0 Å². The quantitative estimate of drug-likeness (QED) is 0.807. The third-order valence-corrected chi connectivity index (χ3v) is 3.77. The summed E-state index contributed by atoms with van der Waals surface area (Å²) in [5, 5.41) is 3.79. The molecule has 1 fully saturated rings. The monoisotopic (exact) mass is 307 g/mol. The van der Waals surface area contributed by atoms with Crippen molar-refractivity contribution in [3.8, 4) is 0 Å². The first-order valence-corrected chi connectivity index (χ1v) is 7.97. The second-order valence-corrected chi connectivity index (χ2v) is 6.31. The predicted molar refractivity (Wildman–Crippen MR) is 82.4 cm³/mol. The molecule has 0 radical (unpaired) electrons. The van der Waals surface area contributed by atoms with Gasteiger partial charge in [-0.15, -0.1) is 0 Å². The van der Waals surface area contributed by atoms with Crippen LogP contribution in [-0.4, -0.2) is 52.9 Å². The van der Waals surface area contributed by atoms with Crippen LogP contribution >= 0.6 is 0 Å². The van der Waals surface area contributed by atoms with Gasteiger partial charge < -0.3 is 14.3 Å². The van der Waals surface area contributed by atoms with Crippen molar-refractivity contribution in [2.45, 2.75) is 40.0 Å². The Balaban J connectivity index is 1.96. The number of aryl methyl sites for hydroxylation is 1. The molecule has 0 aliphatic carbocycles. The molecule has 0 N–H and O–H groups in total. The summed E-state index contributed by atoms with van der Waals surface area (Å²) >= 11 is 0. The minimum atomic E-state index is -0.167. The summed E-state index contributed by atoms with van der Waals surface area (Å²) in [6.07, 6.45) is 2.53. The van der Waals surface area contributed by atoms with Gasteiger partial charge in [0.1, 0.15) is 5.76 Å². The van der Waals surface area contributed by atoms with Crippen LogP contribution in [0.1, 0.15) is 49.4 Å². The van der Waals surface area contributed by atoms with Crippen LogP contribution < -0.4 is 0 Å². The Morgan fingerprint density at radius 2 is 2.05 bits per heavy atom. The van der Waals surface area contributed by atoms with E-state index in [1.54, 1.807) is 17.9 Å². The Labute approximate surface area is 131 Å².